The molecule has 0 aliphatic carbocycles. The van der Waals surface area contributed by atoms with E-state index in [0.717, 1.165) is 58.5 Å². The lowest BCUT2D eigenvalue weighted by molar-refractivity contribution is 0.252. The van der Waals surface area contributed by atoms with Crippen LogP contribution < -0.4 is 4.90 Å². The second kappa shape index (κ2) is 7.33. The Morgan fingerprint density at radius 3 is 2.50 bits per heavy atom. The number of fused-ring (bicyclic) bond motifs is 1. The van der Waals surface area contributed by atoms with E-state index in [1.807, 2.05) is 24.3 Å². The zero-order chi connectivity index (χ0) is 18.1. The van der Waals surface area contributed by atoms with Crippen LogP contribution in [0.1, 0.15) is 12.8 Å². The molecule has 0 unspecified atom stereocenters. The van der Waals surface area contributed by atoms with Gasteiger partial charge in [0.15, 0.2) is 5.82 Å². The number of piperidine rings is 1. The molecular weight excluding hydrogens is 388 g/mol. The summed E-state index contributed by atoms with van der Waals surface area (Å²) in [5.41, 5.74) is 2.03. The summed E-state index contributed by atoms with van der Waals surface area (Å²) in [6, 6.07) is 17.0. The minimum atomic E-state index is 0.506. The predicted molar refractivity (Wildman–Crippen MR) is 112 cm³/mol. The molecule has 1 aromatic heterocycles. The topological polar surface area (TPSA) is 32.3 Å². The summed E-state index contributed by atoms with van der Waals surface area (Å²) < 4.78 is 1.05. The third-order valence-corrected chi connectivity index (χ3v) is 5.73. The summed E-state index contributed by atoms with van der Waals surface area (Å²) in [7, 11) is 4.37. The van der Waals surface area contributed by atoms with E-state index in [2.05, 4.69) is 64.1 Å². The SMILES string of the molecule is CN1CCC(N(C)c2nc(-c3ccccc3)nc3ccc(Br)cc23)CC1. The van der Waals surface area contributed by atoms with Gasteiger partial charge in [-0.05, 0) is 51.2 Å². The van der Waals surface area contributed by atoms with E-state index in [9.17, 15) is 0 Å². The zero-order valence-corrected chi connectivity index (χ0v) is 16.8. The van der Waals surface area contributed by atoms with Crippen LogP contribution in [-0.2, 0) is 0 Å². The molecule has 1 aliphatic heterocycles. The Morgan fingerprint density at radius 1 is 1.04 bits per heavy atom. The van der Waals surface area contributed by atoms with E-state index in [-0.39, 0.29) is 0 Å². The number of anilines is 1. The van der Waals surface area contributed by atoms with Gasteiger partial charge in [0.05, 0.1) is 5.52 Å². The molecule has 0 atom stereocenters. The average Bonchev–Trinajstić information content (AvgIpc) is 2.68. The van der Waals surface area contributed by atoms with Gasteiger partial charge in [0.1, 0.15) is 5.82 Å². The summed E-state index contributed by atoms with van der Waals surface area (Å²) in [4.78, 5) is 14.6. The minimum Gasteiger partial charge on any atom is -0.356 e. The third kappa shape index (κ3) is 3.46. The Bertz CT molecular complexity index is 905. The van der Waals surface area contributed by atoms with Gasteiger partial charge in [-0.2, -0.15) is 0 Å². The largest absolute Gasteiger partial charge is 0.356 e. The number of hydrogen-bond donors (Lipinski definition) is 0. The molecule has 4 nitrogen and oxygen atoms in total. The van der Waals surface area contributed by atoms with Crippen molar-refractivity contribution in [2.24, 2.45) is 0 Å². The van der Waals surface area contributed by atoms with Gasteiger partial charge in [-0.1, -0.05) is 46.3 Å². The van der Waals surface area contributed by atoms with Gasteiger partial charge in [-0.3, -0.25) is 0 Å². The van der Waals surface area contributed by atoms with Gasteiger partial charge in [-0.25, -0.2) is 9.97 Å². The summed E-state index contributed by atoms with van der Waals surface area (Å²) in [6.07, 6.45) is 2.32. The highest BCUT2D eigenvalue weighted by Crippen LogP contribution is 2.31. The summed E-state index contributed by atoms with van der Waals surface area (Å²) in [5, 5.41) is 1.10. The molecule has 1 fully saturated rings. The molecule has 5 heteroatoms. The molecule has 1 saturated heterocycles. The smallest absolute Gasteiger partial charge is 0.162 e. The quantitative estimate of drug-likeness (QED) is 0.631. The van der Waals surface area contributed by atoms with Crippen molar-refractivity contribution in [1.82, 2.24) is 14.9 Å². The Hall–Kier alpha value is -1.98. The van der Waals surface area contributed by atoms with Crippen LogP contribution in [0.15, 0.2) is 53.0 Å². The first-order valence-corrected chi connectivity index (χ1v) is 9.85. The Labute approximate surface area is 163 Å². The van der Waals surface area contributed by atoms with E-state index in [4.69, 9.17) is 9.97 Å². The van der Waals surface area contributed by atoms with Crippen molar-refractivity contribution in [2.75, 3.05) is 32.1 Å². The molecule has 0 bridgehead atoms. The summed E-state index contributed by atoms with van der Waals surface area (Å²) >= 11 is 3.60. The number of likely N-dealkylation sites (tertiary alicyclic amines) is 1. The molecule has 134 valence electrons. The van der Waals surface area contributed by atoms with Gasteiger partial charge in [0.2, 0.25) is 0 Å². The molecule has 0 N–H and O–H groups in total. The van der Waals surface area contributed by atoms with Crippen LogP contribution in [0.5, 0.6) is 0 Å². The van der Waals surface area contributed by atoms with Gasteiger partial charge in [-0.15, -0.1) is 0 Å². The van der Waals surface area contributed by atoms with Crippen LogP contribution >= 0.6 is 15.9 Å². The van der Waals surface area contributed by atoms with Crippen molar-refractivity contribution in [1.29, 1.82) is 0 Å². The molecule has 0 amide bonds. The Kier molecular flexibility index (Phi) is 4.92. The van der Waals surface area contributed by atoms with Crippen LogP contribution in [0.3, 0.4) is 0 Å². The Balaban J connectivity index is 1.81. The van der Waals surface area contributed by atoms with Crippen molar-refractivity contribution < 1.29 is 0 Å². The van der Waals surface area contributed by atoms with Crippen LogP contribution in [0.25, 0.3) is 22.3 Å². The van der Waals surface area contributed by atoms with Gasteiger partial charge in [0, 0.05) is 28.5 Å². The maximum absolute atomic E-state index is 4.99. The highest BCUT2D eigenvalue weighted by atomic mass is 79.9. The maximum atomic E-state index is 4.99. The monoisotopic (exact) mass is 410 g/mol. The van der Waals surface area contributed by atoms with E-state index in [1.54, 1.807) is 0 Å². The fraction of sp³-hybridized carbons (Fsp3) is 0.333. The van der Waals surface area contributed by atoms with Crippen LogP contribution in [-0.4, -0.2) is 48.1 Å². The minimum absolute atomic E-state index is 0.506. The lowest BCUT2D eigenvalue weighted by Gasteiger charge is -2.36. The van der Waals surface area contributed by atoms with E-state index in [1.165, 1.54) is 0 Å². The molecule has 4 rings (SSSR count). The molecule has 3 aromatic rings. The number of benzene rings is 2. The van der Waals surface area contributed by atoms with Crippen molar-refractivity contribution in [2.45, 2.75) is 18.9 Å². The fourth-order valence-electron chi connectivity index (χ4n) is 3.62. The first kappa shape index (κ1) is 17.4. The molecule has 26 heavy (non-hydrogen) atoms. The molecule has 0 saturated carbocycles. The van der Waals surface area contributed by atoms with Crippen molar-refractivity contribution in [3.8, 4) is 11.4 Å². The number of hydrogen-bond acceptors (Lipinski definition) is 4. The molecule has 1 aliphatic rings. The summed E-state index contributed by atoms with van der Waals surface area (Å²) in [5.74, 6) is 1.81. The van der Waals surface area contributed by atoms with Gasteiger partial charge in [0.25, 0.3) is 0 Å². The second-order valence-electron chi connectivity index (χ2n) is 7.04. The highest BCUT2D eigenvalue weighted by molar-refractivity contribution is 9.10. The van der Waals surface area contributed by atoms with E-state index < -0.39 is 0 Å². The van der Waals surface area contributed by atoms with Crippen molar-refractivity contribution in [3.05, 3.63) is 53.0 Å². The number of halogens is 1. The third-order valence-electron chi connectivity index (χ3n) is 5.24. The molecule has 2 heterocycles. The average molecular weight is 411 g/mol. The molecule has 0 spiro atoms. The standard InChI is InChI=1S/C21H23BrN4/c1-25-12-10-17(11-13-25)26(2)21-18-14-16(22)8-9-19(18)23-20(24-21)15-6-4-3-5-7-15/h3-9,14,17H,10-13H2,1-2H3. The van der Waals surface area contributed by atoms with Gasteiger partial charge >= 0.3 is 0 Å². The zero-order valence-electron chi connectivity index (χ0n) is 15.2. The van der Waals surface area contributed by atoms with E-state index >= 15 is 0 Å². The van der Waals surface area contributed by atoms with Crippen molar-refractivity contribution in [3.63, 3.8) is 0 Å². The van der Waals surface area contributed by atoms with Gasteiger partial charge < -0.3 is 9.80 Å². The lowest BCUT2D eigenvalue weighted by atomic mass is 10.0. The maximum Gasteiger partial charge on any atom is 0.162 e. The predicted octanol–water partition coefficient (Wildman–Crippen LogP) is 4.59. The number of aromatic nitrogens is 2. The highest BCUT2D eigenvalue weighted by Gasteiger charge is 2.23. The van der Waals surface area contributed by atoms with E-state index in [0.29, 0.717) is 6.04 Å². The number of rotatable bonds is 3. The van der Waals surface area contributed by atoms with Crippen LogP contribution in [0, 0.1) is 0 Å². The van der Waals surface area contributed by atoms with Crippen molar-refractivity contribution >= 4 is 32.7 Å². The first-order valence-electron chi connectivity index (χ1n) is 9.06. The fourth-order valence-corrected chi connectivity index (χ4v) is 3.99. The second-order valence-corrected chi connectivity index (χ2v) is 7.96. The number of nitrogens with zero attached hydrogens (tertiary/aromatic N) is 4. The first-order chi connectivity index (χ1) is 12.6. The van der Waals surface area contributed by atoms with Crippen LogP contribution in [0.4, 0.5) is 5.82 Å². The molecule has 0 radical (unpaired) electrons. The van der Waals surface area contributed by atoms with Crippen LogP contribution in [0.2, 0.25) is 0 Å². The normalized spacial score (nSPS) is 16.1. The Morgan fingerprint density at radius 2 is 1.77 bits per heavy atom. The molecule has 2 aromatic carbocycles. The summed E-state index contributed by atoms with van der Waals surface area (Å²) in [6.45, 7) is 2.26. The lowest BCUT2D eigenvalue weighted by Crippen LogP contribution is -2.42. The molecular formula is C21H23BrN4.